The van der Waals surface area contributed by atoms with Crippen molar-refractivity contribution in [3.05, 3.63) is 60.5 Å². The lowest BCUT2D eigenvalue weighted by Gasteiger charge is -2.21. The van der Waals surface area contributed by atoms with E-state index in [-0.39, 0.29) is 17.0 Å². The molecule has 1 heterocycles. The number of carboxylic acid groups (broad SMARTS) is 1. The monoisotopic (exact) mass is 389 g/mol. The molecule has 0 spiro atoms. The molecule has 8 heteroatoms. The van der Waals surface area contributed by atoms with Crippen LogP contribution in [0.4, 0.5) is 0 Å². The Morgan fingerprint density at radius 2 is 1.85 bits per heavy atom. The molecule has 0 saturated heterocycles. The van der Waals surface area contributed by atoms with Crippen molar-refractivity contribution in [3.63, 3.8) is 0 Å². The number of fused-ring (bicyclic) bond motifs is 1. The Morgan fingerprint density at radius 3 is 2.41 bits per heavy atom. The van der Waals surface area contributed by atoms with Crippen molar-refractivity contribution >= 4 is 22.9 Å². The van der Waals surface area contributed by atoms with Crippen LogP contribution in [0.5, 0.6) is 11.5 Å². The Kier molecular flexibility index (Phi) is 5.18. The topological polar surface area (TPSA) is 98.9 Å². The molecule has 0 amide bonds. The molecular weight excluding hydrogens is 370 g/mol. The van der Waals surface area contributed by atoms with Crippen molar-refractivity contribution in [2.24, 2.45) is 0 Å². The first-order valence-corrected chi connectivity index (χ1v) is 9.22. The first kappa shape index (κ1) is 18.9. The van der Waals surface area contributed by atoms with Gasteiger partial charge in [0, 0.05) is 16.9 Å². The van der Waals surface area contributed by atoms with Crippen LogP contribution in [0.2, 0.25) is 0 Å². The van der Waals surface area contributed by atoms with E-state index in [0.717, 1.165) is 21.8 Å². The highest BCUT2D eigenvalue weighted by molar-refractivity contribution is 7.14. The maximum atomic E-state index is 11.8. The average Bonchev–Trinajstić information content (AvgIpc) is 3.10. The van der Waals surface area contributed by atoms with Gasteiger partial charge >= 0.3 is 5.97 Å². The van der Waals surface area contributed by atoms with Gasteiger partial charge in [0.2, 0.25) is 0 Å². The average molecular weight is 389 g/mol. The molecule has 0 unspecified atom stereocenters. The van der Waals surface area contributed by atoms with Gasteiger partial charge in [-0.25, -0.2) is 4.79 Å². The summed E-state index contributed by atoms with van der Waals surface area (Å²) in [6.07, 6.45) is 1.36. The number of benzene rings is 1. The molecule has 0 aliphatic heterocycles. The highest BCUT2D eigenvalue weighted by Crippen LogP contribution is 2.44. The first-order chi connectivity index (χ1) is 12.9. The summed E-state index contributed by atoms with van der Waals surface area (Å²) in [5, 5.41) is 21.4. The zero-order chi connectivity index (χ0) is 19.7. The Morgan fingerprint density at radius 1 is 1.19 bits per heavy atom. The molecule has 2 aromatic rings. The minimum absolute atomic E-state index is 0.0256. The third kappa shape index (κ3) is 3.28. The predicted molar refractivity (Wildman–Crippen MR) is 102 cm³/mol. The van der Waals surface area contributed by atoms with Gasteiger partial charge < -0.3 is 14.6 Å². The number of thiophene rings is 1. The number of carbonyl (C=O) groups is 1. The van der Waals surface area contributed by atoms with Crippen molar-refractivity contribution in [1.29, 1.82) is 0 Å². The zero-order valence-electron chi connectivity index (χ0n) is 15.2. The second kappa shape index (κ2) is 7.40. The number of aromatic carboxylic acids is 1. The minimum atomic E-state index is -1.09. The van der Waals surface area contributed by atoms with E-state index in [2.05, 4.69) is 0 Å². The third-order valence-corrected chi connectivity index (χ3v) is 5.88. The Bertz CT molecular complexity index is 959. The van der Waals surface area contributed by atoms with Gasteiger partial charge in [-0.2, -0.15) is 0 Å². The number of nitrogens with zero attached hydrogens (tertiary/aromatic N) is 1. The summed E-state index contributed by atoms with van der Waals surface area (Å²) in [6, 6.07) is 5.25. The maximum absolute atomic E-state index is 11.8. The number of ether oxygens (including phenoxy) is 2. The number of carboxylic acids is 1. The normalized spacial score (nSPS) is 13.3. The van der Waals surface area contributed by atoms with Crippen LogP contribution in [-0.4, -0.2) is 30.2 Å². The smallest absolute Gasteiger partial charge is 0.346 e. The molecule has 3 rings (SSSR count). The summed E-state index contributed by atoms with van der Waals surface area (Å²) in [5.41, 5.74) is 2.26. The van der Waals surface area contributed by atoms with Crippen LogP contribution in [0, 0.1) is 10.1 Å². The summed E-state index contributed by atoms with van der Waals surface area (Å²) in [7, 11) is 3.02. The molecule has 7 nitrogen and oxygen atoms in total. The van der Waals surface area contributed by atoms with Crippen LogP contribution in [0.15, 0.2) is 23.9 Å². The van der Waals surface area contributed by atoms with Gasteiger partial charge in [-0.3, -0.25) is 10.1 Å². The van der Waals surface area contributed by atoms with Crippen LogP contribution < -0.4 is 9.47 Å². The number of hydrogen-bond donors (Lipinski definition) is 1. The fraction of sp³-hybridized carbons (Fsp3) is 0.316. The Hall–Kier alpha value is -2.87. The lowest BCUT2D eigenvalue weighted by molar-refractivity contribution is -0.427. The number of rotatable bonds is 6. The highest BCUT2D eigenvalue weighted by Gasteiger charge is 2.32. The Balaban J connectivity index is 2.34. The number of aryl methyl sites for hydroxylation is 2. The third-order valence-electron chi connectivity index (χ3n) is 4.61. The minimum Gasteiger partial charge on any atom is -0.493 e. The first-order valence-electron chi connectivity index (χ1n) is 8.40. The molecule has 1 N–H and O–H groups in total. The highest BCUT2D eigenvalue weighted by atomic mass is 32.1. The molecule has 1 aromatic heterocycles. The van der Waals surface area contributed by atoms with E-state index >= 15 is 0 Å². The van der Waals surface area contributed by atoms with Gasteiger partial charge in [0.05, 0.1) is 24.7 Å². The second-order valence-electron chi connectivity index (χ2n) is 6.06. The van der Waals surface area contributed by atoms with E-state index < -0.39 is 10.9 Å². The van der Waals surface area contributed by atoms with Crippen LogP contribution in [0.1, 0.15) is 44.6 Å². The fourth-order valence-corrected chi connectivity index (χ4v) is 4.28. The van der Waals surface area contributed by atoms with Crippen molar-refractivity contribution in [2.45, 2.75) is 26.2 Å². The molecule has 1 aromatic carbocycles. The van der Waals surface area contributed by atoms with E-state index in [1.165, 1.54) is 14.2 Å². The van der Waals surface area contributed by atoms with E-state index in [4.69, 9.17) is 9.47 Å². The van der Waals surface area contributed by atoms with E-state index in [1.807, 2.05) is 6.92 Å². The number of methoxy groups -OCH3 is 2. The summed E-state index contributed by atoms with van der Waals surface area (Å²) in [5.74, 6) is -0.100. The van der Waals surface area contributed by atoms with E-state index in [0.29, 0.717) is 41.0 Å². The standard InChI is InChI=1S/C19H19NO6S/c1-4-11-8-13(18(27-11)19(21)22)17-12-9-16(26-3)15(25-2)7-10(12)5-6-14(17)20(23)24/h7-9H,4-6H2,1-3H3,(H,21,22). The van der Waals surface area contributed by atoms with Crippen LogP contribution >= 0.6 is 11.3 Å². The predicted octanol–water partition coefficient (Wildman–Crippen LogP) is 4.01. The van der Waals surface area contributed by atoms with Gasteiger partial charge in [0.15, 0.2) is 11.5 Å². The maximum Gasteiger partial charge on any atom is 0.346 e. The van der Waals surface area contributed by atoms with Gasteiger partial charge in [-0.15, -0.1) is 11.3 Å². The summed E-state index contributed by atoms with van der Waals surface area (Å²) < 4.78 is 10.7. The number of nitro groups is 1. The lowest BCUT2D eigenvalue weighted by atomic mass is 9.84. The second-order valence-corrected chi connectivity index (χ2v) is 7.19. The fourth-order valence-electron chi connectivity index (χ4n) is 3.34. The van der Waals surface area contributed by atoms with Gasteiger partial charge in [0.1, 0.15) is 4.88 Å². The molecule has 142 valence electrons. The van der Waals surface area contributed by atoms with Gasteiger partial charge in [-0.05, 0) is 42.2 Å². The molecule has 27 heavy (non-hydrogen) atoms. The van der Waals surface area contributed by atoms with Gasteiger partial charge in [0.25, 0.3) is 5.70 Å². The molecular formula is C19H19NO6S. The van der Waals surface area contributed by atoms with Gasteiger partial charge in [-0.1, -0.05) is 6.92 Å². The van der Waals surface area contributed by atoms with Crippen LogP contribution in [-0.2, 0) is 12.8 Å². The molecule has 0 fully saturated rings. The molecule has 0 atom stereocenters. The van der Waals surface area contributed by atoms with Crippen molar-refractivity contribution in [2.75, 3.05) is 14.2 Å². The summed E-state index contributed by atoms with van der Waals surface area (Å²) in [4.78, 5) is 24.1. The molecule has 1 aliphatic rings. The van der Waals surface area contributed by atoms with Crippen molar-refractivity contribution < 1.29 is 24.3 Å². The van der Waals surface area contributed by atoms with Crippen molar-refractivity contribution in [3.8, 4) is 11.5 Å². The SMILES string of the molecule is CCc1cc(C2=C([N+](=O)[O-])CCc3cc(OC)c(OC)cc32)c(C(=O)O)s1. The zero-order valence-corrected chi connectivity index (χ0v) is 16.0. The largest absolute Gasteiger partial charge is 0.493 e. The van der Waals surface area contributed by atoms with Crippen LogP contribution in [0.25, 0.3) is 5.57 Å². The number of allylic oxidation sites excluding steroid dienone is 1. The van der Waals surface area contributed by atoms with E-state index in [9.17, 15) is 20.0 Å². The van der Waals surface area contributed by atoms with E-state index in [1.54, 1.807) is 18.2 Å². The number of hydrogen-bond acceptors (Lipinski definition) is 6. The summed E-state index contributed by atoms with van der Waals surface area (Å²) in [6.45, 7) is 1.92. The van der Waals surface area contributed by atoms with Crippen molar-refractivity contribution in [1.82, 2.24) is 0 Å². The molecule has 0 radical (unpaired) electrons. The lowest BCUT2D eigenvalue weighted by Crippen LogP contribution is -2.14. The Labute approximate surface area is 160 Å². The quantitative estimate of drug-likeness (QED) is 0.592. The molecule has 0 saturated carbocycles. The molecule has 0 bridgehead atoms. The molecule has 1 aliphatic carbocycles. The van der Waals surface area contributed by atoms with Crippen LogP contribution in [0.3, 0.4) is 0 Å². The summed E-state index contributed by atoms with van der Waals surface area (Å²) >= 11 is 1.16.